The van der Waals surface area contributed by atoms with Crippen LogP contribution in [0.4, 0.5) is 0 Å². The smallest absolute Gasteiger partial charge is 0.236 e. The summed E-state index contributed by atoms with van der Waals surface area (Å²) < 4.78 is 0. The zero-order valence-electron chi connectivity index (χ0n) is 11.6. The number of nitrogens with one attached hydrogen (secondary N) is 1. The SMILES string of the molecule is O=C1CC2(CCCCC2)C(=O)N1C1CCCNCC1. The topological polar surface area (TPSA) is 49.4 Å². The Labute approximate surface area is 114 Å². The van der Waals surface area contributed by atoms with E-state index in [0.29, 0.717) is 6.42 Å². The predicted octanol–water partition coefficient (Wildman–Crippen LogP) is 1.84. The molecule has 2 saturated heterocycles. The maximum atomic E-state index is 12.8. The number of rotatable bonds is 1. The molecule has 2 amide bonds. The van der Waals surface area contributed by atoms with E-state index < -0.39 is 0 Å². The summed E-state index contributed by atoms with van der Waals surface area (Å²) in [6.07, 6.45) is 8.74. The number of hydrogen-bond acceptors (Lipinski definition) is 3. The Morgan fingerprint density at radius 2 is 1.79 bits per heavy atom. The van der Waals surface area contributed by atoms with Crippen molar-refractivity contribution in [2.75, 3.05) is 13.1 Å². The molecule has 4 heteroatoms. The van der Waals surface area contributed by atoms with Gasteiger partial charge >= 0.3 is 0 Å². The molecule has 4 nitrogen and oxygen atoms in total. The van der Waals surface area contributed by atoms with Gasteiger partial charge in [0.1, 0.15) is 0 Å². The minimum atomic E-state index is -0.310. The van der Waals surface area contributed by atoms with E-state index in [-0.39, 0.29) is 23.3 Å². The fourth-order valence-corrected chi connectivity index (χ4v) is 4.07. The van der Waals surface area contributed by atoms with Gasteiger partial charge in [0.15, 0.2) is 0 Å². The third-order valence-electron chi connectivity index (χ3n) is 5.15. The van der Waals surface area contributed by atoms with Gasteiger partial charge in [-0.15, -0.1) is 0 Å². The highest BCUT2D eigenvalue weighted by Gasteiger charge is 2.53. The van der Waals surface area contributed by atoms with E-state index in [4.69, 9.17) is 0 Å². The van der Waals surface area contributed by atoms with Crippen LogP contribution >= 0.6 is 0 Å². The third-order valence-corrected chi connectivity index (χ3v) is 5.15. The molecule has 1 unspecified atom stereocenters. The molecule has 0 aromatic carbocycles. The predicted molar refractivity (Wildman–Crippen MR) is 72.5 cm³/mol. The van der Waals surface area contributed by atoms with Crippen molar-refractivity contribution in [3.63, 3.8) is 0 Å². The number of likely N-dealkylation sites (tertiary alicyclic amines) is 1. The number of imide groups is 1. The second-order valence-corrected chi connectivity index (χ2v) is 6.42. The molecule has 0 aromatic rings. The van der Waals surface area contributed by atoms with Crippen molar-refractivity contribution in [1.82, 2.24) is 10.2 Å². The highest BCUT2D eigenvalue weighted by atomic mass is 16.2. The van der Waals surface area contributed by atoms with Gasteiger partial charge in [0.25, 0.3) is 0 Å². The molecule has 1 saturated carbocycles. The fourth-order valence-electron chi connectivity index (χ4n) is 4.07. The van der Waals surface area contributed by atoms with Crippen molar-refractivity contribution in [2.45, 2.75) is 63.8 Å². The van der Waals surface area contributed by atoms with E-state index >= 15 is 0 Å². The van der Waals surface area contributed by atoms with Gasteiger partial charge in [0.2, 0.25) is 11.8 Å². The standard InChI is InChI=1S/C15H24N2O2/c18-13-11-15(7-2-1-3-8-15)14(19)17(13)12-5-4-9-16-10-6-12/h12,16H,1-11H2. The molecule has 3 aliphatic rings. The summed E-state index contributed by atoms with van der Waals surface area (Å²) in [5.74, 6) is 0.253. The first-order valence-electron chi connectivity index (χ1n) is 7.80. The molecule has 19 heavy (non-hydrogen) atoms. The first kappa shape index (κ1) is 13.1. The maximum Gasteiger partial charge on any atom is 0.236 e. The normalized spacial score (nSPS) is 31.8. The fraction of sp³-hybridized carbons (Fsp3) is 0.867. The third kappa shape index (κ3) is 2.31. The van der Waals surface area contributed by atoms with Crippen molar-refractivity contribution < 1.29 is 9.59 Å². The summed E-state index contributed by atoms with van der Waals surface area (Å²) in [5.41, 5.74) is -0.310. The van der Waals surface area contributed by atoms with Crippen molar-refractivity contribution in [1.29, 1.82) is 0 Å². The Hall–Kier alpha value is -0.900. The second kappa shape index (κ2) is 5.23. The van der Waals surface area contributed by atoms with Crippen LogP contribution in [0.15, 0.2) is 0 Å². The Bertz CT molecular complexity index is 366. The van der Waals surface area contributed by atoms with Crippen LogP contribution in [0.2, 0.25) is 0 Å². The van der Waals surface area contributed by atoms with Crippen LogP contribution in [0, 0.1) is 5.41 Å². The van der Waals surface area contributed by atoms with E-state index in [2.05, 4.69) is 5.32 Å². The lowest BCUT2D eigenvalue weighted by atomic mass is 9.73. The molecule has 3 rings (SSSR count). The zero-order chi connectivity index (χ0) is 13.3. The van der Waals surface area contributed by atoms with Gasteiger partial charge < -0.3 is 5.32 Å². The number of amides is 2. The molecular weight excluding hydrogens is 240 g/mol. The van der Waals surface area contributed by atoms with Gasteiger partial charge in [-0.3, -0.25) is 14.5 Å². The Morgan fingerprint density at radius 3 is 2.58 bits per heavy atom. The zero-order valence-corrected chi connectivity index (χ0v) is 11.6. The molecule has 0 radical (unpaired) electrons. The Morgan fingerprint density at radius 1 is 1.00 bits per heavy atom. The lowest BCUT2D eigenvalue weighted by Gasteiger charge is -2.32. The summed E-state index contributed by atoms with van der Waals surface area (Å²) >= 11 is 0. The second-order valence-electron chi connectivity index (χ2n) is 6.42. The van der Waals surface area contributed by atoms with Crippen molar-refractivity contribution in [3.05, 3.63) is 0 Å². The van der Waals surface area contributed by atoms with Crippen molar-refractivity contribution in [3.8, 4) is 0 Å². The van der Waals surface area contributed by atoms with Crippen LogP contribution in [0.1, 0.15) is 57.8 Å². The van der Waals surface area contributed by atoms with Crippen molar-refractivity contribution in [2.24, 2.45) is 5.41 Å². The van der Waals surface area contributed by atoms with Crippen LogP contribution in [0.25, 0.3) is 0 Å². The lowest BCUT2D eigenvalue weighted by molar-refractivity contribution is -0.145. The van der Waals surface area contributed by atoms with Crippen LogP contribution in [0.3, 0.4) is 0 Å². The highest BCUT2D eigenvalue weighted by Crippen LogP contribution is 2.46. The molecule has 1 spiro atoms. The van der Waals surface area contributed by atoms with Gasteiger partial charge in [-0.25, -0.2) is 0 Å². The van der Waals surface area contributed by atoms with E-state index in [1.54, 1.807) is 4.90 Å². The van der Waals surface area contributed by atoms with Crippen molar-refractivity contribution >= 4 is 11.8 Å². The van der Waals surface area contributed by atoms with E-state index in [9.17, 15) is 9.59 Å². The average Bonchev–Trinajstić information content (AvgIpc) is 2.63. The number of carbonyl (C=O) groups excluding carboxylic acids is 2. The molecule has 3 fully saturated rings. The molecule has 106 valence electrons. The molecule has 1 atom stereocenters. The van der Waals surface area contributed by atoms with Crippen LogP contribution in [-0.2, 0) is 9.59 Å². The Balaban J connectivity index is 1.78. The maximum absolute atomic E-state index is 12.8. The van der Waals surface area contributed by atoms with Gasteiger partial charge in [0.05, 0.1) is 5.41 Å². The first-order valence-corrected chi connectivity index (χ1v) is 7.80. The van der Waals surface area contributed by atoms with E-state index in [1.165, 1.54) is 6.42 Å². The molecule has 2 heterocycles. The summed E-state index contributed by atoms with van der Waals surface area (Å²) in [6.45, 7) is 1.94. The summed E-state index contributed by atoms with van der Waals surface area (Å²) in [5, 5.41) is 3.35. The van der Waals surface area contributed by atoms with Crippen LogP contribution < -0.4 is 5.32 Å². The summed E-state index contributed by atoms with van der Waals surface area (Å²) in [4.78, 5) is 26.8. The van der Waals surface area contributed by atoms with Crippen LogP contribution in [0.5, 0.6) is 0 Å². The highest BCUT2D eigenvalue weighted by molar-refractivity contribution is 6.06. The average molecular weight is 264 g/mol. The van der Waals surface area contributed by atoms with E-state index in [0.717, 1.165) is 58.0 Å². The number of nitrogens with zero attached hydrogens (tertiary/aromatic N) is 1. The number of carbonyl (C=O) groups is 2. The first-order chi connectivity index (χ1) is 9.23. The summed E-state index contributed by atoms with van der Waals surface area (Å²) in [7, 11) is 0. The molecule has 2 aliphatic heterocycles. The minimum absolute atomic E-state index is 0.0961. The molecule has 0 bridgehead atoms. The lowest BCUT2D eigenvalue weighted by Crippen LogP contribution is -2.43. The van der Waals surface area contributed by atoms with Gasteiger partial charge in [-0.1, -0.05) is 19.3 Å². The van der Waals surface area contributed by atoms with Gasteiger partial charge in [0, 0.05) is 12.5 Å². The minimum Gasteiger partial charge on any atom is -0.317 e. The molecule has 1 aliphatic carbocycles. The van der Waals surface area contributed by atoms with Crippen LogP contribution in [-0.4, -0.2) is 35.8 Å². The van der Waals surface area contributed by atoms with E-state index in [1.807, 2.05) is 0 Å². The molecule has 0 aromatic heterocycles. The van der Waals surface area contributed by atoms with Gasteiger partial charge in [-0.05, 0) is 45.2 Å². The monoisotopic (exact) mass is 264 g/mol. The quantitative estimate of drug-likeness (QED) is 0.735. The summed E-state index contributed by atoms with van der Waals surface area (Å²) in [6, 6.07) is 0.149. The molecular formula is C15H24N2O2. The van der Waals surface area contributed by atoms with Gasteiger partial charge in [-0.2, -0.15) is 0 Å². The Kier molecular flexibility index (Phi) is 3.61. The largest absolute Gasteiger partial charge is 0.317 e. The number of hydrogen-bond donors (Lipinski definition) is 1. The molecule has 1 N–H and O–H groups in total.